The second-order valence-electron chi connectivity index (χ2n) is 7.08. The van der Waals surface area contributed by atoms with Crippen molar-refractivity contribution >= 4 is 0 Å². The van der Waals surface area contributed by atoms with Gasteiger partial charge in [0.05, 0.1) is 18.3 Å². The van der Waals surface area contributed by atoms with Crippen molar-refractivity contribution < 1.29 is 9.52 Å². The highest BCUT2D eigenvalue weighted by Crippen LogP contribution is 2.42. The first-order chi connectivity index (χ1) is 9.77. The van der Waals surface area contributed by atoms with E-state index in [1.807, 2.05) is 13.8 Å². The highest BCUT2D eigenvalue weighted by molar-refractivity contribution is 5.33. The van der Waals surface area contributed by atoms with Crippen LogP contribution in [0.3, 0.4) is 0 Å². The molecule has 0 aromatic carbocycles. The molecule has 1 N–H and O–H groups in total. The maximum atomic E-state index is 10.4. The summed E-state index contributed by atoms with van der Waals surface area (Å²) in [5.74, 6) is 1.62. The number of hydrogen-bond acceptors (Lipinski definition) is 3. The Labute approximate surface area is 125 Å². The molecule has 0 spiro atoms. The predicted octanol–water partition coefficient (Wildman–Crippen LogP) is 3.46. The van der Waals surface area contributed by atoms with Crippen LogP contribution < -0.4 is 0 Å². The van der Waals surface area contributed by atoms with Crippen LogP contribution in [0.5, 0.6) is 0 Å². The fourth-order valence-electron chi connectivity index (χ4n) is 3.36. The van der Waals surface area contributed by atoms with E-state index in [1.54, 1.807) is 0 Å². The van der Waals surface area contributed by atoms with Gasteiger partial charge >= 0.3 is 0 Å². The van der Waals surface area contributed by atoms with Crippen LogP contribution in [0.15, 0.2) is 10.5 Å². The van der Waals surface area contributed by atoms with Crippen LogP contribution in [0, 0.1) is 26.2 Å². The molecule has 0 fully saturated rings. The lowest BCUT2D eigenvalue weighted by atomic mass is 9.75. The molecule has 1 aliphatic carbocycles. The van der Waals surface area contributed by atoms with Crippen LogP contribution in [0.4, 0.5) is 0 Å². The van der Waals surface area contributed by atoms with Crippen molar-refractivity contribution in [2.45, 2.75) is 60.1 Å². The fraction of sp³-hybridized carbons (Fsp3) is 0.588. The van der Waals surface area contributed by atoms with Gasteiger partial charge in [0, 0.05) is 17.0 Å². The van der Waals surface area contributed by atoms with Gasteiger partial charge in [-0.15, -0.1) is 0 Å². The van der Waals surface area contributed by atoms with Crippen LogP contribution >= 0.6 is 0 Å². The Morgan fingerprint density at radius 3 is 2.71 bits per heavy atom. The number of fused-ring (bicyclic) bond motifs is 1. The molecule has 0 bridgehead atoms. The van der Waals surface area contributed by atoms with Gasteiger partial charge in [-0.2, -0.15) is 0 Å². The summed E-state index contributed by atoms with van der Waals surface area (Å²) in [6, 6.07) is 2.11. The molecule has 2 aromatic rings. The van der Waals surface area contributed by atoms with E-state index in [4.69, 9.17) is 4.42 Å². The van der Waals surface area contributed by atoms with Gasteiger partial charge in [-0.1, -0.05) is 13.8 Å². The Bertz CT molecular complexity index is 660. The van der Waals surface area contributed by atoms with E-state index in [0.717, 1.165) is 41.4 Å². The molecule has 3 rings (SSSR count). The van der Waals surface area contributed by atoms with Crippen molar-refractivity contribution in [3.8, 4) is 0 Å². The number of hydrogen-bond donors (Lipinski definition) is 1. The molecule has 114 valence electrons. The smallest absolute Gasteiger partial charge is 0.214 e. The predicted molar refractivity (Wildman–Crippen MR) is 81.3 cm³/mol. The van der Waals surface area contributed by atoms with E-state index in [-0.39, 0.29) is 11.5 Å². The lowest BCUT2D eigenvalue weighted by Crippen LogP contribution is -2.27. The largest absolute Gasteiger partial charge is 0.444 e. The van der Waals surface area contributed by atoms with Gasteiger partial charge in [0.15, 0.2) is 0 Å². The van der Waals surface area contributed by atoms with E-state index in [9.17, 15) is 5.11 Å². The Hall–Kier alpha value is -1.55. The van der Waals surface area contributed by atoms with Crippen LogP contribution in [-0.4, -0.2) is 14.7 Å². The van der Waals surface area contributed by atoms with Gasteiger partial charge < -0.3 is 14.1 Å². The summed E-state index contributed by atoms with van der Waals surface area (Å²) in [6.07, 6.45) is 1.43. The maximum absolute atomic E-state index is 10.4. The lowest BCUT2D eigenvalue weighted by molar-refractivity contribution is 0.0980. The molecule has 1 atom stereocenters. The average Bonchev–Trinajstić information content (AvgIpc) is 2.82. The molecule has 1 aliphatic rings. The van der Waals surface area contributed by atoms with Gasteiger partial charge in [0.2, 0.25) is 5.89 Å². The summed E-state index contributed by atoms with van der Waals surface area (Å²) >= 11 is 0. The number of aliphatic hydroxyl groups is 1. The van der Waals surface area contributed by atoms with E-state index in [1.165, 1.54) is 5.69 Å². The molecule has 0 amide bonds. The van der Waals surface area contributed by atoms with Crippen molar-refractivity contribution in [2.24, 2.45) is 5.41 Å². The standard InChI is InChI=1S/C17H24N2O2/c1-10-6-13-14(7-17(4,5)8-15(13)20)19(10)9-16-18-11(2)12(3)21-16/h6,15,20H,7-9H2,1-5H3. The monoisotopic (exact) mass is 288 g/mol. The molecule has 21 heavy (non-hydrogen) atoms. The van der Waals surface area contributed by atoms with Crippen LogP contribution in [0.1, 0.15) is 60.7 Å². The second kappa shape index (κ2) is 4.73. The molecule has 0 radical (unpaired) electrons. The number of aryl methyl sites for hydroxylation is 3. The van der Waals surface area contributed by atoms with Crippen LogP contribution in [0.2, 0.25) is 0 Å². The zero-order valence-corrected chi connectivity index (χ0v) is 13.5. The summed E-state index contributed by atoms with van der Waals surface area (Å²) in [6.45, 7) is 11.1. The Morgan fingerprint density at radius 2 is 2.10 bits per heavy atom. The first kappa shape index (κ1) is 14.4. The minimum atomic E-state index is -0.364. The van der Waals surface area contributed by atoms with Crippen molar-refractivity contribution in [3.05, 3.63) is 40.4 Å². The molecule has 4 heteroatoms. The summed E-state index contributed by atoms with van der Waals surface area (Å²) in [5.41, 5.74) is 4.53. The van der Waals surface area contributed by atoms with E-state index >= 15 is 0 Å². The SMILES string of the molecule is Cc1nc(Cn2c(C)cc3c2CC(C)(C)CC3O)oc1C. The number of oxazole rings is 1. The third kappa shape index (κ3) is 2.53. The summed E-state index contributed by atoms with van der Waals surface area (Å²) in [5, 5.41) is 10.4. The average molecular weight is 288 g/mol. The molecule has 2 heterocycles. The summed E-state index contributed by atoms with van der Waals surface area (Å²) in [7, 11) is 0. The van der Waals surface area contributed by atoms with Crippen molar-refractivity contribution in [2.75, 3.05) is 0 Å². The summed E-state index contributed by atoms with van der Waals surface area (Å²) in [4.78, 5) is 4.48. The molecule has 0 saturated carbocycles. The molecular weight excluding hydrogens is 264 g/mol. The summed E-state index contributed by atoms with van der Waals surface area (Å²) < 4.78 is 7.96. The van der Waals surface area contributed by atoms with Crippen molar-refractivity contribution in [1.29, 1.82) is 0 Å². The molecular formula is C17H24N2O2. The van der Waals surface area contributed by atoms with Gasteiger partial charge in [-0.25, -0.2) is 4.98 Å². The highest BCUT2D eigenvalue weighted by atomic mass is 16.4. The van der Waals surface area contributed by atoms with E-state index in [2.05, 4.69) is 36.4 Å². The topological polar surface area (TPSA) is 51.2 Å². The highest BCUT2D eigenvalue weighted by Gasteiger charge is 2.34. The van der Waals surface area contributed by atoms with Crippen molar-refractivity contribution in [3.63, 3.8) is 0 Å². The van der Waals surface area contributed by atoms with Crippen LogP contribution in [-0.2, 0) is 13.0 Å². The minimum absolute atomic E-state index is 0.122. The number of rotatable bonds is 2. The Balaban J connectivity index is 2.00. The zero-order chi connectivity index (χ0) is 15.4. The lowest BCUT2D eigenvalue weighted by Gasteiger charge is -2.33. The molecule has 0 saturated heterocycles. The Kier molecular flexibility index (Phi) is 3.24. The number of aromatic nitrogens is 2. The van der Waals surface area contributed by atoms with Gasteiger partial charge in [0.25, 0.3) is 0 Å². The fourth-order valence-corrected chi connectivity index (χ4v) is 3.36. The number of aliphatic hydroxyl groups excluding tert-OH is 1. The third-order valence-electron chi connectivity index (χ3n) is 4.57. The third-order valence-corrected chi connectivity index (χ3v) is 4.57. The molecule has 2 aromatic heterocycles. The second-order valence-corrected chi connectivity index (χ2v) is 7.08. The first-order valence-corrected chi connectivity index (χ1v) is 7.57. The van der Waals surface area contributed by atoms with Crippen LogP contribution in [0.25, 0.3) is 0 Å². The maximum Gasteiger partial charge on any atom is 0.214 e. The molecule has 0 aliphatic heterocycles. The molecule has 1 unspecified atom stereocenters. The number of nitrogens with zero attached hydrogens (tertiary/aromatic N) is 2. The zero-order valence-electron chi connectivity index (χ0n) is 13.5. The minimum Gasteiger partial charge on any atom is -0.444 e. The molecule has 4 nitrogen and oxygen atoms in total. The van der Waals surface area contributed by atoms with E-state index < -0.39 is 0 Å². The van der Waals surface area contributed by atoms with E-state index in [0.29, 0.717) is 6.54 Å². The van der Waals surface area contributed by atoms with Crippen molar-refractivity contribution in [1.82, 2.24) is 9.55 Å². The quantitative estimate of drug-likeness (QED) is 0.920. The normalized spacial score (nSPS) is 20.6. The van der Waals surface area contributed by atoms with Gasteiger partial charge in [-0.05, 0) is 45.1 Å². The first-order valence-electron chi connectivity index (χ1n) is 7.57. The van der Waals surface area contributed by atoms with Gasteiger partial charge in [0.1, 0.15) is 5.76 Å². The Morgan fingerprint density at radius 1 is 1.38 bits per heavy atom. The van der Waals surface area contributed by atoms with Gasteiger partial charge in [-0.3, -0.25) is 0 Å².